The first-order valence-corrected chi connectivity index (χ1v) is 8.04. The predicted octanol–water partition coefficient (Wildman–Crippen LogP) is 2.48. The van der Waals surface area contributed by atoms with Gasteiger partial charge in [0.15, 0.2) is 11.6 Å². The van der Waals surface area contributed by atoms with Gasteiger partial charge in [0, 0.05) is 38.4 Å². The highest BCUT2D eigenvalue weighted by molar-refractivity contribution is 5.85. The van der Waals surface area contributed by atoms with Crippen LogP contribution in [0.1, 0.15) is 5.56 Å². The fourth-order valence-electron chi connectivity index (χ4n) is 3.27. The Kier molecular flexibility index (Phi) is 4.87. The van der Waals surface area contributed by atoms with Gasteiger partial charge in [-0.3, -0.25) is 0 Å². The second kappa shape index (κ2) is 6.91. The molecule has 0 unspecified atom stereocenters. The molecule has 2 aliphatic rings. The van der Waals surface area contributed by atoms with Crippen LogP contribution in [-0.2, 0) is 6.42 Å². The van der Waals surface area contributed by atoms with Crippen molar-refractivity contribution in [3.05, 3.63) is 41.8 Å². The highest BCUT2D eigenvalue weighted by Gasteiger charge is 2.25. The largest absolute Gasteiger partial charge is 0.351 e. The summed E-state index contributed by atoms with van der Waals surface area (Å²) in [5, 5.41) is 0. The standard InChI is InChI=1S/C17H20FN5.ClH/c1-21-8-10-22(11-9-21)16-14(18)12-19-17(20-16)23-7-6-13-4-2-3-5-15(13)23;/h2-5,12H,6-11H2,1H3;1H. The van der Waals surface area contributed by atoms with Gasteiger partial charge < -0.3 is 14.7 Å². The maximum absolute atomic E-state index is 14.2. The summed E-state index contributed by atoms with van der Waals surface area (Å²) in [6, 6.07) is 8.26. The molecule has 1 aromatic carbocycles. The molecule has 0 aliphatic carbocycles. The van der Waals surface area contributed by atoms with Crippen molar-refractivity contribution in [2.75, 3.05) is 49.6 Å². The summed E-state index contributed by atoms with van der Waals surface area (Å²) in [6.45, 7) is 4.27. The van der Waals surface area contributed by atoms with Crippen LogP contribution in [0.5, 0.6) is 0 Å². The Hall–Kier alpha value is -1.92. The summed E-state index contributed by atoms with van der Waals surface area (Å²) >= 11 is 0. The van der Waals surface area contributed by atoms with Gasteiger partial charge in [0.2, 0.25) is 5.95 Å². The van der Waals surface area contributed by atoms with Crippen LogP contribution >= 0.6 is 12.4 Å². The number of piperazine rings is 1. The number of hydrogen-bond acceptors (Lipinski definition) is 5. The molecule has 7 heteroatoms. The Labute approximate surface area is 147 Å². The van der Waals surface area contributed by atoms with E-state index >= 15 is 0 Å². The second-order valence-corrected chi connectivity index (χ2v) is 6.16. The molecule has 1 aromatic heterocycles. The first kappa shape index (κ1) is 16.9. The fraction of sp³-hybridized carbons (Fsp3) is 0.412. The number of likely N-dealkylation sites (N-methyl/N-ethyl adjacent to an activating group) is 1. The lowest BCUT2D eigenvalue weighted by molar-refractivity contribution is 0.310. The lowest BCUT2D eigenvalue weighted by Crippen LogP contribution is -2.45. The fourth-order valence-corrected chi connectivity index (χ4v) is 3.27. The summed E-state index contributed by atoms with van der Waals surface area (Å²) in [6.07, 6.45) is 2.28. The molecule has 2 aromatic rings. The van der Waals surface area contributed by atoms with Gasteiger partial charge >= 0.3 is 0 Å². The summed E-state index contributed by atoms with van der Waals surface area (Å²) in [5.74, 6) is 0.670. The summed E-state index contributed by atoms with van der Waals surface area (Å²) < 4.78 is 14.2. The molecule has 0 bridgehead atoms. The molecule has 1 saturated heterocycles. The lowest BCUT2D eigenvalue weighted by Gasteiger charge is -2.33. The lowest BCUT2D eigenvalue weighted by atomic mass is 10.2. The van der Waals surface area contributed by atoms with Crippen LogP contribution in [0.2, 0.25) is 0 Å². The van der Waals surface area contributed by atoms with Crippen LogP contribution in [-0.4, -0.2) is 54.6 Å². The van der Waals surface area contributed by atoms with Gasteiger partial charge in [-0.15, -0.1) is 12.4 Å². The molecule has 0 saturated carbocycles. The van der Waals surface area contributed by atoms with Crippen molar-refractivity contribution >= 4 is 29.9 Å². The van der Waals surface area contributed by atoms with E-state index in [1.807, 2.05) is 17.0 Å². The Balaban J connectivity index is 0.00000169. The molecular weight excluding hydrogens is 329 g/mol. The van der Waals surface area contributed by atoms with Crippen LogP contribution < -0.4 is 9.80 Å². The third kappa shape index (κ3) is 3.03. The van der Waals surface area contributed by atoms with Gasteiger partial charge in [0.25, 0.3) is 0 Å². The van der Waals surface area contributed by atoms with Crippen molar-refractivity contribution in [3.8, 4) is 0 Å². The van der Waals surface area contributed by atoms with Gasteiger partial charge in [-0.25, -0.2) is 9.37 Å². The van der Waals surface area contributed by atoms with E-state index in [1.165, 1.54) is 11.8 Å². The molecule has 0 spiro atoms. The molecule has 5 nitrogen and oxygen atoms in total. The molecule has 0 N–H and O–H groups in total. The van der Waals surface area contributed by atoms with E-state index < -0.39 is 0 Å². The third-order valence-corrected chi connectivity index (χ3v) is 4.64. The molecule has 128 valence electrons. The highest BCUT2D eigenvalue weighted by atomic mass is 35.5. The van der Waals surface area contributed by atoms with Crippen molar-refractivity contribution < 1.29 is 4.39 Å². The van der Waals surface area contributed by atoms with E-state index in [-0.39, 0.29) is 18.2 Å². The highest BCUT2D eigenvalue weighted by Crippen LogP contribution is 2.33. The van der Waals surface area contributed by atoms with Gasteiger partial charge in [-0.2, -0.15) is 4.98 Å². The molecule has 1 fully saturated rings. The van der Waals surface area contributed by atoms with Crippen LogP contribution in [0.15, 0.2) is 30.5 Å². The summed E-state index contributed by atoms with van der Waals surface area (Å²) in [7, 11) is 2.08. The van der Waals surface area contributed by atoms with Gasteiger partial charge in [0.1, 0.15) is 0 Å². The minimum absolute atomic E-state index is 0. The number of halogens is 2. The maximum atomic E-state index is 14.2. The van der Waals surface area contributed by atoms with Gasteiger partial charge in [0.05, 0.1) is 6.20 Å². The smallest absolute Gasteiger partial charge is 0.232 e. The molecule has 2 aliphatic heterocycles. The van der Waals surface area contributed by atoms with Crippen molar-refractivity contribution in [2.45, 2.75) is 6.42 Å². The van der Waals surface area contributed by atoms with Crippen molar-refractivity contribution in [2.24, 2.45) is 0 Å². The zero-order valence-corrected chi connectivity index (χ0v) is 14.5. The van der Waals surface area contributed by atoms with Crippen molar-refractivity contribution in [1.29, 1.82) is 0 Å². The molecule has 3 heterocycles. The zero-order chi connectivity index (χ0) is 15.8. The average molecular weight is 350 g/mol. The predicted molar refractivity (Wildman–Crippen MR) is 96.1 cm³/mol. The number of hydrogen-bond donors (Lipinski definition) is 0. The molecule has 0 atom stereocenters. The van der Waals surface area contributed by atoms with E-state index in [9.17, 15) is 4.39 Å². The van der Waals surface area contributed by atoms with Crippen LogP contribution in [0.4, 0.5) is 21.8 Å². The first-order valence-electron chi connectivity index (χ1n) is 8.04. The van der Waals surface area contributed by atoms with E-state index in [0.29, 0.717) is 11.8 Å². The number of anilines is 3. The van der Waals surface area contributed by atoms with Crippen molar-refractivity contribution in [3.63, 3.8) is 0 Å². The van der Waals surface area contributed by atoms with Gasteiger partial charge in [-0.05, 0) is 25.1 Å². The van der Waals surface area contributed by atoms with Crippen LogP contribution in [0, 0.1) is 5.82 Å². The number of nitrogens with zero attached hydrogens (tertiary/aromatic N) is 5. The SMILES string of the molecule is CN1CCN(c2nc(N3CCc4ccccc43)ncc2F)CC1.Cl. The normalized spacial score (nSPS) is 17.6. The topological polar surface area (TPSA) is 35.5 Å². The quantitative estimate of drug-likeness (QED) is 0.832. The van der Waals surface area contributed by atoms with E-state index in [2.05, 4.69) is 38.9 Å². The summed E-state index contributed by atoms with van der Waals surface area (Å²) in [4.78, 5) is 15.1. The zero-order valence-electron chi connectivity index (χ0n) is 13.7. The summed E-state index contributed by atoms with van der Waals surface area (Å²) in [5.41, 5.74) is 2.42. The third-order valence-electron chi connectivity index (χ3n) is 4.64. The first-order chi connectivity index (χ1) is 11.2. The number of benzene rings is 1. The molecule has 0 radical (unpaired) electrons. The second-order valence-electron chi connectivity index (χ2n) is 6.16. The van der Waals surface area contributed by atoms with Crippen LogP contribution in [0.25, 0.3) is 0 Å². The number of para-hydroxylation sites is 1. The molecule has 0 amide bonds. The molecule has 4 rings (SSSR count). The van der Waals surface area contributed by atoms with Crippen molar-refractivity contribution in [1.82, 2.24) is 14.9 Å². The van der Waals surface area contributed by atoms with Gasteiger partial charge in [-0.1, -0.05) is 18.2 Å². The number of fused-ring (bicyclic) bond motifs is 1. The Morgan fingerprint density at radius 2 is 1.79 bits per heavy atom. The molecule has 24 heavy (non-hydrogen) atoms. The van der Waals surface area contributed by atoms with Crippen LogP contribution in [0.3, 0.4) is 0 Å². The monoisotopic (exact) mass is 349 g/mol. The van der Waals surface area contributed by atoms with E-state index in [4.69, 9.17) is 0 Å². The maximum Gasteiger partial charge on any atom is 0.232 e. The van der Waals surface area contributed by atoms with E-state index in [0.717, 1.165) is 44.8 Å². The Morgan fingerprint density at radius 3 is 2.58 bits per heavy atom. The number of aromatic nitrogens is 2. The Bertz CT molecular complexity index is 718. The number of rotatable bonds is 2. The average Bonchev–Trinajstić information content (AvgIpc) is 3.00. The molecular formula is C17H21ClFN5. The minimum Gasteiger partial charge on any atom is -0.351 e. The minimum atomic E-state index is -0.342. The van der Waals surface area contributed by atoms with E-state index in [1.54, 1.807) is 0 Å². The Morgan fingerprint density at radius 1 is 1.04 bits per heavy atom.